The molecular weight excluding hydrogens is 389 g/mol. The van der Waals surface area contributed by atoms with Crippen LogP contribution >= 0.6 is 24.8 Å². The zero-order valence-corrected chi connectivity index (χ0v) is 17.2. The summed E-state index contributed by atoms with van der Waals surface area (Å²) in [7, 11) is 0. The molecule has 1 amide bonds. The van der Waals surface area contributed by atoms with Crippen molar-refractivity contribution in [2.45, 2.75) is 32.9 Å². The van der Waals surface area contributed by atoms with Crippen molar-refractivity contribution in [1.82, 2.24) is 10.3 Å². The van der Waals surface area contributed by atoms with Crippen molar-refractivity contribution in [1.29, 1.82) is 0 Å². The largest absolute Gasteiger partial charge is 0.439 e. The lowest BCUT2D eigenvalue weighted by Gasteiger charge is -2.29. The fourth-order valence-electron chi connectivity index (χ4n) is 2.71. The molecule has 1 fully saturated rings. The topological polar surface area (TPSA) is 72.5 Å². The molecule has 2 aromatic rings. The van der Waals surface area contributed by atoms with E-state index in [2.05, 4.69) is 15.6 Å². The number of carbonyl (C=O) groups is 1. The quantitative estimate of drug-likeness (QED) is 0.799. The predicted octanol–water partition coefficient (Wildman–Crippen LogP) is 3.65. The third-order valence-electron chi connectivity index (χ3n) is 4.16. The molecule has 0 bridgehead atoms. The first-order chi connectivity index (χ1) is 12.0. The Morgan fingerprint density at radius 1 is 1.26 bits per heavy atom. The van der Waals surface area contributed by atoms with Crippen LogP contribution in [0.5, 0.6) is 11.6 Å². The van der Waals surface area contributed by atoms with Gasteiger partial charge in [-0.15, -0.1) is 24.8 Å². The summed E-state index contributed by atoms with van der Waals surface area (Å²) in [6, 6.07) is 9.00. The van der Waals surface area contributed by atoms with Crippen molar-refractivity contribution in [2.24, 2.45) is 0 Å². The van der Waals surface area contributed by atoms with Gasteiger partial charge in [0.2, 0.25) is 11.8 Å². The number of benzene rings is 1. The number of carbonyl (C=O) groups excluding carboxylic acids is 1. The molecule has 6 nitrogen and oxygen atoms in total. The first-order valence-corrected chi connectivity index (χ1v) is 8.40. The zero-order chi connectivity index (χ0) is 17.8. The Bertz CT molecular complexity index is 774. The van der Waals surface area contributed by atoms with Gasteiger partial charge in [0.15, 0.2) is 0 Å². The fraction of sp³-hybridized carbons (Fsp3) is 0.368. The summed E-state index contributed by atoms with van der Waals surface area (Å²) in [6.45, 7) is 7.12. The normalized spacial score (nSPS) is 18.6. The van der Waals surface area contributed by atoms with Crippen molar-refractivity contribution in [3.8, 4) is 11.6 Å². The van der Waals surface area contributed by atoms with Crippen LogP contribution in [-0.4, -0.2) is 36.2 Å². The molecule has 0 saturated carbocycles. The maximum atomic E-state index is 12.5. The van der Waals surface area contributed by atoms with E-state index in [0.29, 0.717) is 30.5 Å². The van der Waals surface area contributed by atoms with Crippen LogP contribution < -0.4 is 15.4 Å². The summed E-state index contributed by atoms with van der Waals surface area (Å²) in [4.78, 5) is 16.7. The molecule has 1 saturated heterocycles. The Morgan fingerprint density at radius 3 is 2.74 bits per heavy atom. The highest BCUT2D eigenvalue weighted by Crippen LogP contribution is 2.27. The maximum Gasteiger partial charge on any atom is 0.244 e. The average molecular weight is 414 g/mol. The van der Waals surface area contributed by atoms with Gasteiger partial charge in [-0.3, -0.25) is 4.79 Å². The number of anilines is 1. The molecule has 148 valence electrons. The van der Waals surface area contributed by atoms with Gasteiger partial charge in [0.05, 0.1) is 12.7 Å². The number of nitrogens with one attached hydrogen (secondary N) is 2. The van der Waals surface area contributed by atoms with Gasteiger partial charge in [0.1, 0.15) is 11.8 Å². The highest BCUT2D eigenvalue weighted by atomic mass is 35.5. The number of morpholine rings is 1. The number of hydrogen-bond donors (Lipinski definition) is 2. The van der Waals surface area contributed by atoms with Crippen LogP contribution in [0.25, 0.3) is 0 Å². The first-order valence-electron chi connectivity index (χ1n) is 8.40. The molecule has 2 atom stereocenters. The molecule has 0 spiro atoms. The van der Waals surface area contributed by atoms with Gasteiger partial charge < -0.3 is 20.1 Å². The monoisotopic (exact) mass is 413 g/mol. The van der Waals surface area contributed by atoms with Crippen LogP contribution in [0.2, 0.25) is 0 Å². The standard InChI is InChI=1S/C19H23N3O3.2ClH/c1-12-6-7-20-17(10-12)25-16-11-15(5-4-13(16)2)22-19(23)18-14(3)24-9-8-21-18;;/h4-7,10-11,14,18,21H,8-9H2,1-3H3,(H,22,23);2*1H/t14-,18+;;/m1../s1. The minimum atomic E-state index is -0.363. The summed E-state index contributed by atoms with van der Waals surface area (Å²) in [6.07, 6.45) is 1.55. The summed E-state index contributed by atoms with van der Waals surface area (Å²) >= 11 is 0. The van der Waals surface area contributed by atoms with E-state index >= 15 is 0 Å². The van der Waals surface area contributed by atoms with E-state index in [1.54, 1.807) is 6.20 Å². The molecule has 0 radical (unpaired) electrons. The van der Waals surface area contributed by atoms with Crippen LogP contribution in [0.15, 0.2) is 36.5 Å². The molecule has 1 aromatic heterocycles. The molecule has 0 aliphatic carbocycles. The molecule has 8 heteroatoms. The van der Waals surface area contributed by atoms with Crippen molar-refractivity contribution >= 4 is 36.4 Å². The summed E-state index contributed by atoms with van der Waals surface area (Å²) in [5.74, 6) is 1.08. The maximum absolute atomic E-state index is 12.5. The summed E-state index contributed by atoms with van der Waals surface area (Å²) in [5.41, 5.74) is 2.72. The van der Waals surface area contributed by atoms with Crippen LogP contribution in [0.4, 0.5) is 5.69 Å². The van der Waals surface area contributed by atoms with E-state index in [1.165, 1.54) is 0 Å². The summed E-state index contributed by atoms with van der Waals surface area (Å²) in [5, 5.41) is 6.11. The molecule has 27 heavy (non-hydrogen) atoms. The van der Waals surface area contributed by atoms with Crippen molar-refractivity contribution < 1.29 is 14.3 Å². The third kappa shape index (κ3) is 6.07. The SMILES string of the molecule is Cc1ccnc(Oc2cc(NC(=O)[C@H]3NCCO[C@@H]3C)ccc2C)c1.Cl.Cl. The average Bonchev–Trinajstić information content (AvgIpc) is 2.58. The van der Waals surface area contributed by atoms with E-state index < -0.39 is 0 Å². The van der Waals surface area contributed by atoms with Crippen LogP contribution in [0.1, 0.15) is 18.1 Å². The summed E-state index contributed by atoms with van der Waals surface area (Å²) < 4.78 is 11.4. The first kappa shape index (κ1) is 23.2. The van der Waals surface area contributed by atoms with Gasteiger partial charge >= 0.3 is 0 Å². The lowest BCUT2D eigenvalue weighted by atomic mass is 10.1. The number of nitrogens with zero attached hydrogens (tertiary/aromatic N) is 1. The number of aryl methyl sites for hydroxylation is 2. The minimum absolute atomic E-state index is 0. The second-order valence-corrected chi connectivity index (χ2v) is 6.25. The highest BCUT2D eigenvalue weighted by Gasteiger charge is 2.28. The van der Waals surface area contributed by atoms with E-state index in [1.807, 2.05) is 51.1 Å². The van der Waals surface area contributed by atoms with Crippen molar-refractivity contribution in [3.63, 3.8) is 0 Å². The van der Waals surface area contributed by atoms with Crippen molar-refractivity contribution in [2.75, 3.05) is 18.5 Å². The number of aromatic nitrogens is 1. The molecular formula is C19H25Cl2N3O3. The Labute approximate surface area is 171 Å². The number of amides is 1. The molecule has 3 rings (SSSR count). The lowest BCUT2D eigenvalue weighted by Crippen LogP contribution is -2.53. The second kappa shape index (κ2) is 10.5. The van der Waals surface area contributed by atoms with E-state index in [9.17, 15) is 4.79 Å². The third-order valence-corrected chi connectivity index (χ3v) is 4.16. The Balaban J connectivity index is 0.00000182. The molecule has 1 aliphatic rings. The van der Waals surface area contributed by atoms with E-state index in [0.717, 1.165) is 11.1 Å². The van der Waals surface area contributed by atoms with Gasteiger partial charge in [-0.1, -0.05) is 6.07 Å². The number of pyridine rings is 1. The van der Waals surface area contributed by atoms with Gasteiger partial charge in [-0.05, 0) is 44.0 Å². The molecule has 2 N–H and O–H groups in total. The molecule has 2 heterocycles. The van der Waals surface area contributed by atoms with Gasteiger partial charge in [0, 0.05) is 30.6 Å². The Kier molecular flexibility index (Phi) is 8.99. The van der Waals surface area contributed by atoms with Crippen molar-refractivity contribution in [3.05, 3.63) is 47.7 Å². The number of hydrogen-bond acceptors (Lipinski definition) is 5. The predicted molar refractivity (Wildman–Crippen MR) is 111 cm³/mol. The lowest BCUT2D eigenvalue weighted by molar-refractivity contribution is -0.123. The Hall–Kier alpha value is -1.86. The van der Waals surface area contributed by atoms with Crippen LogP contribution in [0.3, 0.4) is 0 Å². The molecule has 1 aromatic carbocycles. The molecule has 1 aliphatic heterocycles. The van der Waals surface area contributed by atoms with Crippen LogP contribution in [-0.2, 0) is 9.53 Å². The fourth-order valence-corrected chi connectivity index (χ4v) is 2.71. The van der Waals surface area contributed by atoms with Crippen LogP contribution in [0, 0.1) is 13.8 Å². The number of ether oxygens (including phenoxy) is 2. The van der Waals surface area contributed by atoms with E-state index in [-0.39, 0.29) is 42.9 Å². The minimum Gasteiger partial charge on any atom is -0.439 e. The molecule has 0 unspecified atom stereocenters. The zero-order valence-electron chi connectivity index (χ0n) is 15.5. The van der Waals surface area contributed by atoms with E-state index in [4.69, 9.17) is 9.47 Å². The number of halogens is 2. The smallest absolute Gasteiger partial charge is 0.244 e. The number of rotatable bonds is 4. The van der Waals surface area contributed by atoms with Gasteiger partial charge in [-0.25, -0.2) is 4.98 Å². The Morgan fingerprint density at radius 2 is 2.04 bits per heavy atom. The second-order valence-electron chi connectivity index (χ2n) is 6.25. The highest BCUT2D eigenvalue weighted by molar-refractivity contribution is 5.95. The van der Waals surface area contributed by atoms with Gasteiger partial charge in [0.25, 0.3) is 0 Å². The van der Waals surface area contributed by atoms with Gasteiger partial charge in [-0.2, -0.15) is 0 Å².